The summed E-state index contributed by atoms with van der Waals surface area (Å²) in [5.74, 6) is 0.467. The third kappa shape index (κ3) is 2.42. The number of nitrogens with zero attached hydrogens (tertiary/aromatic N) is 1. The van der Waals surface area contributed by atoms with Crippen molar-refractivity contribution in [1.82, 2.24) is 4.31 Å². The first-order valence-corrected chi connectivity index (χ1v) is 6.18. The molecule has 1 saturated heterocycles. The van der Waals surface area contributed by atoms with Crippen molar-refractivity contribution in [2.75, 3.05) is 18.9 Å². The fraction of sp³-hybridized carbons (Fsp3) is 1.00. The molecular formula is C8H17NO3S. The molecule has 0 aromatic heterocycles. The van der Waals surface area contributed by atoms with Gasteiger partial charge < -0.3 is 5.11 Å². The zero-order valence-corrected chi connectivity index (χ0v) is 8.92. The lowest BCUT2D eigenvalue weighted by atomic mass is 10.2. The average Bonchev–Trinajstić information content (AvgIpc) is 2.24. The van der Waals surface area contributed by atoms with Crippen LogP contribution in [0.1, 0.15) is 20.3 Å². The Kier molecular flexibility index (Phi) is 3.32. The molecule has 1 aliphatic heterocycles. The minimum atomic E-state index is -3.04. The molecule has 13 heavy (non-hydrogen) atoms. The summed E-state index contributed by atoms with van der Waals surface area (Å²) in [6.07, 6.45) is 0.520. The minimum absolute atomic E-state index is 0.0432. The van der Waals surface area contributed by atoms with E-state index in [1.54, 1.807) is 0 Å². The van der Waals surface area contributed by atoms with Gasteiger partial charge in [-0.1, -0.05) is 6.92 Å². The highest BCUT2D eigenvalue weighted by Crippen LogP contribution is 2.22. The van der Waals surface area contributed by atoms with Gasteiger partial charge in [-0.15, -0.1) is 0 Å². The monoisotopic (exact) mass is 207 g/mol. The molecule has 78 valence electrons. The summed E-state index contributed by atoms with van der Waals surface area (Å²) in [7, 11) is -3.04. The van der Waals surface area contributed by atoms with Gasteiger partial charge in [-0.3, -0.25) is 0 Å². The number of aliphatic hydroxyl groups is 1. The Labute approximate surface area is 79.6 Å². The molecule has 0 amide bonds. The van der Waals surface area contributed by atoms with Crippen LogP contribution in [0.5, 0.6) is 0 Å². The van der Waals surface area contributed by atoms with Crippen molar-refractivity contribution in [1.29, 1.82) is 0 Å². The summed E-state index contributed by atoms with van der Waals surface area (Å²) >= 11 is 0. The standard InChI is InChI=1S/C8H17NO3S/c1-7-5-9(8(2)3-4-10)13(11,12)6-7/h7-8,10H,3-6H2,1-2H3. The first-order chi connectivity index (χ1) is 5.97. The van der Waals surface area contributed by atoms with Gasteiger partial charge in [0.25, 0.3) is 0 Å². The van der Waals surface area contributed by atoms with E-state index in [4.69, 9.17) is 5.11 Å². The molecule has 0 saturated carbocycles. The summed E-state index contributed by atoms with van der Waals surface area (Å²) in [4.78, 5) is 0. The summed E-state index contributed by atoms with van der Waals surface area (Å²) in [6.45, 7) is 4.42. The van der Waals surface area contributed by atoms with E-state index in [0.29, 0.717) is 13.0 Å². The first kappa shape index (κ1) is 10.9. The largest absolute Gasteiger partial charge is 0.396 e. The molecule has 0 aromatic carbocycles. The van der Waals surface area contributed by atoms with E-state index in [2.05, 4.69) is 0 Å². The molecule has 5 heteroatoms. The van der Waals surface area contributed by atoms with Gasteiger partial charge in [0.05, 0.1) is 5.75 Å². The number of hydrogen-bond donors (Lipinski definition) is 1. The van der Waals surface area contributed by atoms with Crippen LogP contribution in [-0.2, 0) is 10.0 Å². The zero-order chi connectivity index (χ0) is 10.1. The summed E-state index contributed by atoms with van der Waals surface area (Å²) in [5, 5.41) is 8.71. The fourth-order valence-electron chi connectivity index (χ4n) is 1.71. The molecule has 0 spiro atoms. The molecule has 1 fully saturated rings. The Bertz CT molecular complexity index is 263. The Balaban J connectivity index is 2.70. The normalized spacial score (nSPS) is 30.5. The predicted molar refractivity (Wildman–Crippen MR) is 50.8 cm³/mol. The molecule has 0 bridgehead atoms. The van der Waals surface area contributed by atoms with Crippen molar-refractivity contribution < 1.29 is 13.5 Å². The van der Waals surface area contributed by atoms with Crippen LogP contribution in [0.2, 0.25) is 0 Å². The van der Waals surface area contributed by atoms with E-state index in [9.17, 15) is 8.42 Å². The van der Waals surface area contributed by atoms with Crippen LogP contribution >= 0.6 is 0 Å². The van der Waals surface area contributed by atoms with Gasteiger partial charge in [0.15, 0.2) is 0 Å². The second-order valence-corrected chi connectivity index (χ2v) is 5.78. The lowest BCUT2D eigenvalue weighted by Crippen LogP contribution is -2.35. The third-order valence-electron chi connectivity index (χ3n) is 2.38. The lowest BCUT2D eigenvalue weighted by Gasteiger charge is -2.21. The molecule has 2 unspecified atom stereocenters. The summed E-state index contributed by atoms with van der Waals surface area (Å²) in [6, 6.07) is -0.0695. The topological polar surface area (TPSA) is 57.6 Å². The van der Waals surface area contributed by atoms with E-state index >= 15 is 0 Å². The van der Waals surface area contributed by atoms with E-state index in [1.165, 1.54) is 4.31 Å². The number of rotatable bonds is 3. The van der Waals surface area contributed by atoms with E-state index in [1.807, 2.05) is 13.8 Å². The third-order valence-corrected chi connectivity index (χ3v) is 4.60. The Morgan fingerprint density at radius 3 is 2.62 bits per heavy atom. The highest BCUT2D eigenvalue weighted by molar-refractivity contribution is 7.89. The average molecular weight is 207 g/mol. The molecule has 1 aliphatic rings. The predicted octanol–water partition coefficient (Wildman–Crippen LogP) is 0.0388. The molecule has 0 aliphatic carbocycles. The molecular weight excluding hydrogens is 190 g/mol. The van der Waals surface area contributed by atoms with Crippen LogP contribution in [0.4, 0.5) is 0 Å². The maximum Gasteiger partial charge on any atom is 0.214 e. The van der Waals surface area contributed by atoms with Gasteiger partial charge in [-0.25, -0.2) is 8.42 Å². The molecule has 1 N–H and O–H groups in total. The molecule has 1 heterocycles. The second-order valence-electron chi connectivity index (χ2n) is 3.81. The van der Waals surface area contributed by atoms with Crippen LogP contribution in [0.15, 0.2) is 0 Å². The smallest absolute Gasteiger partial charge is 0.214 e. The van der Waals surface area contributed by atoms with Crippen LogP contribution in [0.3, 0.4) is 0 Å². The first-order valence-electron chi connectivity index (χ1n) is 4.57. The van der Waals surface area contributed by atoms with Crippen molar-refractivity contribution in [2.24, 2.45) is 5.92 Å². The van der Waals surface area contributed by atoms with Crippen molar-refractivity contribution in [3.8, 4) is 0 Å². The molecule has 0 radical (unpaired) electrons. The quantitative estimate of drug-likeness (QED) is 0.711. The van der Waals surface area contributed by atoms with E-state index in [-0.39, 0.29) is 24.3 Å². The zero-order valence-electron chi connectivity index (χ0n) is 8.10. The van der Waals surface area contributed by atoms with Gasteiger partial charge >= 0.3 is 0 Å². The van der Waals surface area contributed by atoms with Crippen LogP contribution < -0.4 is 0 Å². The van der Waals surface area contributed by atoms with Gasteiger partial charge in [0, 0.05) is 19.2 Å². The van der Waals surface area contributed by atoms with Gasteiger partial charge in [-0.2, -0.15) is 4.31 Å². The lowest BCUT2D eigenvalue weighted by molar-refractivity contribution is 0.234. The maximum atomic E-state index is 11.5. The fourth-order valence-corrected chi connectivity index (χ4v) is 3.86. The number of hydrogen-bond acceptors (Lipinski definition) is 3. The van der Waals surface area contributed by atoms with Crippen LogP contribution in [0, 0.1) is 5.92 Å². The van der Waals surface area contributed by atoms with E-state index < -0.39 is 10.0 Å². The van der Waals surface area contributed by atoms with Crippen LogP contribution in [0.25, 0.3) is 0 Å². The summed E-state index contributed by atoms with van der Waals surface area (Å²) < 4.78 is 24.6. The van der Waals surface area contributed by atoms with E-state index in [0.717, 1.165) is 0 Å². The van der Waals surface area contributed by atoms with Crippen molar-refractivity contribution in [3.63, 3.8) is 0 Å². The van der Waals surface area contributed by atoms with Gasteiger partial charge in [0.2, 0.25) is 10.0 Å². The number of aliphatic hydroxyl groups excluding tert-OH is 1. The minimum Gasteiger partial charge on any atom is -0.396 e. The maximum absolute atomic E-state index is 11.5. The second kappa shape index (κ2) is 3.94. The number of sulfonamides is 1. The Morgan fingerprint density at radius 1 is 1.62 bits per heavy atom. The molecule has 2 atom stereocenters. The Hall–Kier alpha value is -0.130. The molecule has 0 aromatic rings. The highest BCUT2D eigenvalue weighted by atomic mass is 32.2. The molecule has 4 nitrogen and oxygen atoms in total. The van der Waals surface area contributed by atoms with Crippen molar-refractivity contribution in [3.05, 3.63) is 0 Å². The van der Waals surface area contributed by atoms with Gasteiger partial charge in [0.1, 0.15) is 0 Å². The Morgan fingerprint density at radius 2 is 2.23 bits per heavy atom. The summed E-state index contributed by atoms with van der Waals surface area (Å²) in [5.41, 5.74) is 0. The van der Waals surface area contributed by atoms with Gasteiger partial charge in [-0.05, 0) is 19.3 Å². The molecule has 1 rings (SSSR count). The van der Waals surface area contributed by atoms with Crippen molar-refractivity contribution in [2.45, 2.75) is 26.3 Å². The van der Waals surface area contributed by atoms with Crippen molar-refractivity contribution >= 4 is 10.0 Å². The SMILES string of the molecule is CC1CN(C(C)CCO)S(=O)(=O)C1. The van der Waals surface area contributed by atoms with Crippen LogP contribution in [-0.4, -0.2) is 42.8 Å². The highest BCUT2D eigenvalue weighted by Gasteiger charge is 2.36.